The van der Waals surface area contributed by atoms with Gasteiger partial charge in [0.2, 0.25) is 5.91 Å². The Kier molecular flexibility index (Phi) is 4.80. The molecule has 1 aliphatic heterocycles. The van der Waals surface area contributed by atoms with E-state index in [1.165, 1.54) is 12.8 Å². The molecule has 0 radical (unpaired) electrons. The van der Waals surface area contributed by atoms with Crippen molar-refractivity contribution in [1.29, 1.82) is 0 Å². The van der Waals surface area contributed by atoms with E-state index >= 15 is 0 Å². The molecular weight excluding hydrogens is 218 g/mol. The molecule has 2 atom stereocenters. The number of carbonyl (C=O) groups is 1. The molecule has 0 unspecified atom stereocenters. The standard InChI is InChI=1S/C13H23NO3/c1-10(7-11-4-5-11)14-13(15)9-16-8-12-3-2-6-17-12/h10-12H,2-9H2,1H3,(H,14,15)/t10-,12+/m0/s1. The van der Waals surface area contributed by atoms with Crippen molar-refractivity contribution in [2.24, 2.45) is 5.92 Å². The molecule has 4 heteroatoms. The highest BCUT2D eigenvalue weighted by Gasteiger charge is 2.24. The minimum absolute atomic E-state index is 0.00357. The number of ether oxygens (including phenoxy) is 2. The van der Waals surface area contributed by atoms with Gasteiger partial charge in [-0.2, -0.15) is 0 Å². The van der Waals surface area contributed by atoms with E-state index < -0.39 is 0 Å². The Hall–Kier alpha value is -0.610. The number of nitrogens with one attached hydrogen (secondary N) is 1. The van der Waals surface area contributed by atoms with Crippen LogP contribution in [0.1, 0.15) is 39.0 Å². The van der Waals surface area contributed by atoms with Gasteiger partial charge in [0.05, 0.1) is 12.7 Å². The fourth-order valence-electron chi connectivity index (χ4n) is 2.29. The Morgan fingerprint density at radius 1 is 1.47 bits per heavy atom. The van der Waals surface area contributed by atoms with Gasteiger partial charge >= 0.3 is 0 Å². The predicted octanol–water partition coefficient (Wildman–Crippen LogP) is 1.49. The van der Waals surface area contributed by atoms with Crippen LogP contribution in [0.25, 0.3) is 0 Å². The SMILES string of the molecule is C[C@@H](CC1CC1)NC(=O)COC[C@H]1CCCO1. The van der Waals surface area contributed by atoms with Crippen molar-refractivity contribution < 1.29 is 14.3 Å². The van der Waals surface area contributed by atoms with Gasteiger partial charge in [-0.05, 0) is 32.1 Å². The molecule has 1 N–H and O–H groups in total. The maximum absolute atomic E-state index is 11.6. The molecule has 1 saturated carbocycles. The second-order valence-electron chi connectivity index (χ2n) is 5.30. The summed E-state index contributed by atoms with van der Waals surface area (Å²) in [4.78, 5) is 11.6. The van der Waals surface area contributed by atoms with Crippen LogP contribution in [0.4, 0.5) is 0 Å². The van der Waals surface area contributed by atoms with Crippen molar-refractivity contribution in [1.82, 2.24) is 5.32 Å². The van der Waals surface area contributed by atoms with Crippen LogP contribution < -0.4 is 5.32 Å². The van der Waals surface area contributed by atoms with Gasteiger partial charge in [-0.15, -0.1) is 0 Å². The Balaban J connectivity index is 1.50. The second kappa shape index (κ2) is 6.36. The maximum Gasteiger partial charge on any atom is 0.246 e. The lowest BCUT2D eigenvalue weighted by Gasteiger charge is -2.14. The zero-order chi connectivity index (χ0) is 12.1. The van der Waals surface area contributed by atoms with Gasteiger partial charge in [0.1, 0.15) is 6.61 Å². The average molecular weight is 241 g/mol. The molecule has 98 valence electrons. The van der Waals surface area contributed by atoms with Crippen LogP contribution in [-0.2, 0) is 14.3 Å². The molecule has 2 aliphatic rings. The first kappa shape index (κ1) is 12.8. The van der Waals surface area contributed by atoms with Crippen LogP contribution >= 0.6 is 0 Å². The minimum Gasteiger partial charge on any atom is -0.376 e. The van der Waals surface area contributed by atoms with E-state index in [2.05, 4.69) is 12.2 Å². The molecule has 2 rings (SSSR count). The van der Waals surface area contributed by atoms with Crippen LogP contribution in [-0.4, -0.2) is 37.9 Å². The number of hydrogen-bond acceptors (Lipinski definition) is 3. The van der Waals surface area contributed by atoms with Gasteiger partial charge in [0.15, 0.2) is 0 Å². The maximum atomic E-state index is 11.6. The summed E-state index contributed by atoms with van der Waals surface area (Å²) < 4.78 is 10.8. The highest BCUT2D eigenvalue weighted by molar-refractivity contribution is 5.77. The summed E-state index contributed by atoms with van der Waals surface area (Å²) >= 11 is 0. The highest BCUT2D eigenvalue weighted by Crippen LogP contribution is 2.33. The van der Waals surface area contributed by atoms with Crippen LogP contribution in [0.15, 0.2) is 0 Å². The first-order chi connectivity index (χ1) is 8.24. The van der Waals surface area contributed by atoms with Gasteiger partial charge in [0, 0.05) is 12.6 Å². The van der Waals surface area contributed by atoms with E-state index in [1.54, 1.807) is 0 Å². The summed E-state index contributed by atoms with van der Waals surface area (Å²) in [6.07, 6.45) is 6.13. The summed E-state index contributed by atoms with van der Waals surface area (Å²) in [5.74, 6) is 0.842. The number of rotatable bonds is 7. The summed E-state index contributed by atoms with van der Waals surface area (Å²) in [6.45, 7) is 3.61. The zero-order valence-electron chi connectivity index (χ0n) is 10.6. The molecule has 2 fully saturated rings. The number of amides is 1. The van der Waals surface area contributed by atoms with Crippen LogP contribution in [0.2, 0.25) is 0 Å². The fraction of sp³-hybridized carbons (Fsp3) is 0.923. The minimum atomic E-state index is -0.00357. The Bertz CT molecular complexity index is 247. The summed E-state index contributed by atoms with van der Waals surface area (Å²) in [6, 6.07) is 0.279. The average Bonchev–Trinajstić information content (AvgIpc) is 2.93. The highest BCUT2D eigenvalue weighted by atomic mass is 16.5. The first-order valence-corrected chi connectivity index (χ1v) is 6.72. The van der Waals surface area contributed by atoms with Crippen molar-refractivity contribution in [2.45, 2.75) is 51.2 Å². The molecular formula is C13H23NO3. The number of carbonyl (C=O) groups excluding carboxylic acids is 1. The molecule has 17 heavy (non-hydrogen) atoms. The zero-order valence-corrected chi connectivity index (χ0v) is 10.6. The van der Waals surface area contributed by atoms with E-state index in [1.807, 2.05) is 0 Å². The van der Waals surface area contributed by atoms with Gasteiger partial charge in [-0.1, -0.05) is 12.8 Å². The molecule has 0 bridgehead atoms. The fourth-order valence-corrected chi connectivity index (χ4v) is 2.29. The third-order valence-corrected chi connectivity index (χ3v) is 3.35. The lowest BCUT2D eigenvalue weighted by atomic mass is 10.1. The molecule has 0 aromatic rings. The van der Waals surface area contributed by atoms with E-state index in [4.69, 9.17) is 9.47 Å². The molecule has 4 nitrogen and oxygen atoms in total. The molecule has 0 spiro atoms. The van der Waals surface area contributed by atoms with E-state index in [0.29, 0.717) is 6.61 Å². The number of hydrogen-bond donors (Lipinski definition) is 1. The van der Waals surface area contributed by atoms with Gasteiger partial charge in [-0.3, -0.25) is 4.79 Å². The normalized spacial score (nSPS) is 25.8. The van der Waals surface area contributed by atoms with Crippen LogP contribution in [0, 0.1) is 5.92 Å². The van der Waals surface area contributed by atoms with Crippen molar-refractivity contribution >= 4 is 5.91 Å². The third kappa shape index (κ3) is 5.04. The molecule has 1 aliphatic carbocycles. The lowest BCUT2D eigenvalue weighted by molar-refractivity contribution is -0.127. The molecule has 1 saturated heterocycles. The van der Waals surface area contributed by atoms with E-state index in [9.17, 15) is 4.79 Å². The van der Waals surface area contributed by atoms with Crippen molar-refractivity contribution in [2.75, 3.05) is 19.8 Å². The molecule has 1 heterocycles. The van der Waals surface area contributed by atoms with Crippen molar-refractivity contribution in [3.8, 4) is 0 Å². The molecule has 1 amide bonds. The first-order valence-electron chi connectivity index (χ1n) is 6.72. The Labute approximate surface area is 103 Å². The Morgan fingerprint density at radius 3 is 2.94 bits per heavy atom. The molecule has 0 aromatic heterocycles. The lowest BCUT2D eigenvalue weighted by Crippen LogP contribution is -2.36. The molecule has 0 aromatic carbocycles. The largest absolute Gasteiger partial charge is 0.376 e. The van der Waals surface area contributed by atoms with Crippen molar-refractivity contribution in [3.63, 3.8) is 0 Å². The second-order valence-corrected chi connectivity index (χ2v) is 5.30. The van der Waals surface area contributed by atoms with Gasteiger partial charge in [0.25, 0.3) is 0 Å². The summed E-state index contributed by atoms with van der Waals surface area (Å²) in [7, 11) is 0. The quantitative estimate of drug-likeness (QED) is 0.734. The van der Waals surface area contributed by atoms with E-state index in [0.717, 1.165) is 31.8 Å². The van der Waals surface area contributed by atoms with E-state index in [-0.39, 0.29) is 24.7 Å². The van der Waals surface area contributed by atoms with Crippen LogP contribution in [0.5, 0.6) is 0 Å². The summed E-state index contributed by atoms with van der Waals surface area (Å²) in [5.41, 5.74) is 0. The van der Waals surface area contributed by atoms with Crippen LogP contribution in [0.3, 0.4) is 0 Å². The van der Waals surface area contributed by atoms with Gasteiger partial charge < -0.3 is 14.8 Å². The van der Waals surface area contributed by atoms with Crippen molar-refractivity contribution in [3.05, 3.63) is 0 Å². The smallest absolute Gasteiger partial charge is 0.246 e. The monoisotopic (exact) mass is 241 g/mol. The topological polar surface area (TPSA) is 47.6 Å². The Morgan fingerprint density at radius 2 is 2.29 bits per heavy atom. The van der Waals surface area contributed by atoms with Gasteiger partial charge in [-0.25, -0.2) is 0 Å². The third-order valence-electron chi connectivity index (χ3n) is 3.35. The predicted molar refractivity (Wildman–Crippen MR) is 64.7 cm³/mol. The summed E-state index contributed by atoms with van der Waals surface area (Å²) in [5, 5.41) is 2.97.